The lowest BCUT2D eigenvalue weighted by Gasteiger charge is -2.08. The molecule has 0 aromatic heterocycles. The minimum atomic E-state index is -0.682. The third-order valence-corrected chi connectivity index (χ3v) is 2.22. The van der Waals surface area contributed by atoms with Crippen molar-refractivity contribution < 1.29 is 13.9 Å². The number of benzene rings is 1. The van der Waals surface area contributed by atoms with Crippen molar-refractivity contribution in [2.45, 2.75) is 4.83 Å². The first kappa shape index (κ1) is 9.61. The molecule has 0 saturated heterocycles. The molecule has 0 fully saturated rings. The van der Waals surface area contributed by atoms with Gasteiger partial charge in [-0.15, -0.1) is 0 Å². The fraction of sp³-hybridized carbons (Fsp3) is 0.250. The summed E-state index contributed by atoms with van der Waals surface area (Å²) in [4.78, 5) is -0.682. The first-order valence-electron chi connectivity index (χ1n) is 3.35. The van der Waals surface area contributed by atoms with Gasteiger partial charge in [-0.25, -0.2) is 8.78 Å². The zero-order chi connectivity index (χ0) is 9.14. The molecule has 0 heterocycles. The van der Waals surface area contributed by atoms with Gasteiger partial charge in [-0.1, -0.05) is 22.0 Å². The minimum absolute atomic E-state index is 0.125. The minimum Gasteiger partial charge on any atom is -0.395 e. The molecule has 1 aromatic rings. The molecule has 0 saturated carbocycles. The largest absolute Gasteiger partial charge is 0.395 e. The Bertz CT molecular complexity index is 258. The van der Waals surface area contributed by atoms with Gasteiger partial charge in [-0.2, -0.15) is 0 Å². The van der Waals surface area contributed by atoms with Crippen molar-refractivity contribution in [3.05, 3.63) is 35.4 Å². The summed E-state index contributed by atoms with van der Waals surface area (Å²) in [5.74, 6) is -1.29. The van der Waals surface area contributed by atoms with Crippen LogP contribution in [0.2, 0.25) is 0 Å². The lowest BCUT2D eigenvalue weighted by molar-refractivity contribution is 0.294. The van der Waals surface area contributed by atoms with E-state index in [1.165, 1.54) is 6.07 Å². The van der Waals surface area contributed by atoms with Crippen molar-refractivity contribution in [3.63, 3.8) is 0 Å². The van der Waals surface area contributed by atoms with E-state index in [0.29, 0.717) is 0 Å². The summed E-state index contributed by atoms with van der Waals surface area (Å²) >= 11 is 2.96. The van der Waals surface area contributed by atoms with Gasteiger partial charge in [0.1, 0.15) is 11.6 Å². The van der Waals surface area contributed by atoms with Crippen LogP contribution in [-0.4, -0.2) is 11.7 Å². The maximum atomic E-state index is 12.9. The van der Waals surface area contributed by atoms with E-state index in [1.54, 1.807) is 0 Å². The molecule has 0 radical (unpaired) electrons. The fourth-order valence-electron chi connectivity index (χ4n) is 0.901. The molecule has 0 aliphatic carbocycles. The Morgan fingerprint density at radius 2 is 1.83 bits per heavy atom. The van der Waals surface area contributed by atoms with Gasteiger partial charge in [0.2, 0.25) is 0 Å². The van der Waals surface area contributed by atoms with E-state index in [0.717, 1.165) is 12.1 Å². The highest BCUT2D eigenvalue weighted by Crippen LogP contribution is 2.26. The Morgan fingerprint density at radius 1 is 1.33 bits per heavy atom. The molecule has 1 atom stereocenters. The first-order chi connectivity index (χ1) is 5.66. The predicted octanol–water partition coefficient (Wildman–Crippen LogP) is 2.39. The first-order valence-corrected chi connectivity index (χ1v) is 4.27. The van der Waals surface area contributed by atoms with Crippen LogP contribution in [0, 0.1) is 11.6 Å². The summed E-state index contributed by atoms with van der Waals surface area (Å²) < 4.78 is 25.8. The van der Waals surface area contributed by atoms with Gasteiger partial charge in [-0.05, 0) is 12.1 Å². The van der Waals surface area contributed by atoms with Crippen LogP contribution in [0.15, 0.2) is 18.2 Å². The van der Waals surface area contributed by atoms with E-state index in [4.69, 9.17) is 5.11 Å². The molecule has 0 bridgehead atoms. The normalized spacial score (nSPS) is 13.0. The van der Waals surface area contributed by atoms with Crippen molar-refractivity contribution in [2.24, 2.45) is 0 Å². The lowest BCUT2D eigenvalue weighted by atomic mass is 10.1. The monoisotopic (exact) mass is 236 g/mol. The van der Waals surface area contributed by atoms with Crippen LogP contribution in [0.25, 0.3) is 0 Å². The van der Waals surface area contributed by atoms with Gasteiger partial charge < -0.3 is 5.11 Å². The van der Waals surface area contributed by atoms with Crippen LogP contribution < -0.4 is 0 Å². The summed E-state index contributed by atoms with van der Waals surface area (Å²) in [6.45, 7) is -0.335. The van der Waals surface area contributed by atoms with E-state index in [-0.39, 0.29) is 12.2 Å². The van der Waals surface area contributed by atoms with Crippen LogP contribution in [0.4, 0.5) is 8.78 Å². The standard InChI is InChI=1S/C8H7BrF2O/c9-5(4-12)8-6(10)2-1-3-7(8)11/h1-3,5,12H,4H2. The second-order valence-corrected chi connectivity index (χ2v) is 3.39. The van der Waals surface area contributed by atoms with Gasteiger partial charge in [0, 0.05) is 5.56 Å². The van der Waals surface area contributed by atoms with Crippen molar-refractivity contribution in [1.82, 2.24) is 0 Å². The summed E-state index contributed by atoms with van der Waals surface area (Å²) in [5, 5.41) is 8.66. The number of rotatable bonds is 2. The van der Waals surface area contributed by atoms with Crippen LogP contribution >= 0.6 is 15.9 Å². The zero-order valence-electron chi connectivity index (χ0n) is 6.10. The molecule has 0 aliphatic rings. The molecule has 1 rings (SSSR count). The molecule has 1 aromatic carbocycles. The maximum Gasteiger partial charge on any atom is 0.130 e. The van der Waals surface area contributed by atoms with E-state index < -0.39 is 16.5 Å². The highest BCUT2D eigenvalue weighted by molar-refractivity contribution is 9.09. The van der Waals surface area contributed by atoms with Crippen LogP contribution in [-0.2, 0) is 0 Å². The summed E-state index contributed by atoms with van der Waals surface area (Å²) in [6, 6.07) is 3.59. The van der Waals surface area contributed by atoms with Crippen LogP contribution in [0.3, 0.4) is 0 Å². The van der Waals surface area contributed by atoms with E-state index >= 15 is 0 Å². The molecule has 0 spiro atoms. The molecular weight excluding hydrogens is 230 g/mol. The molecule has 1 unspecified atom stereocenters. The molecule has 12 heavy (non-hydrogen) atoms. The summed E-state index contributed by atoms with van der Waals surface area (Å²) in [7, 11) is 0. The second kappa shape index (κ2) is 3.96. The van der Waals surface area contributed by atoms with Crippen LogP contribution in [0.1, 0.15) is 10.4 Å². The van der Waals surface area contributed by atoms with Gasteiger partial charge in [0.25, 0.3) is 0 Å². The highest BCUT2D eigenvalue weighted by Gasteiger charge is 2.15. The summed E-state index contributed by atoms with van der Waals surface area (Å²) in [5.41, 5.74) is -0.125. The Kier molecular flexibility index (Phi) is 3.17. The van der Waals surface area contributed by atoms with Gasteiger partial charge in [-0.3, -0.25) is 0 Å². The molecule has 66 valence electrons. The number of alkyl halides is 1. The van der Waals surface area contributed by atoms with Gasteiger partial charge in [0.05, 0.1) is 11.4 Å². The number of hydrogen-bond acceptors (Lipinski definition) is 1. The zero-order valence-corrected chi connectivity index (χ0v) is 7.68. The van der Waals surface area contributed by atoms with Gasteiger partial charge >= 0.3 is 0 Å². The molecule has 0 amide bonds. The lowest BCUT2D eigenvalue weighted by Crippen LogP contribution is -2.02. The van der Waals surface area contributed by atoms with E-state index in [9.17, 15) is 8.78 Å². The second-order valence-electron chi connectivity index (χ2n) is 2.29. The average Bonchev–Trinajstić information content (AvgIpc) is 2.03. The van der Waals surface area contributed by atoms with E-state index in [2.05, 4.69) is 15.9 Å². The fourth-order valence-corrected chi connectivity index (χ4v) is 1.34. The van der Waals surface area contributed by atoms with Crippen molar-refractivity contribution in [1.29, 1.82) is 0 Å². The number of hydrogen-bond donors (Lipinski definition) is 1. The number of aliphatic hydroxyl groups is 1. The Labute approximate surface area is 77.2 Å². The predicted molar refractivity (Wildman–Crippen MR) is 45.1 cm³/mol. The molecule has 0 aliphatic heterocycles. The SMILES string of the molecule is OCC(Br)c1c(F)cccc1F. The molecule has 1 N–H and O–H groups in total. The number of halogens is 3. The third-order valence-electron chi connectivity index (χ3n) is 1.47. The molecule has 4 heteroatoms. The topological polar surface area (TPSA) is 20.2 Å². The van der Waals surface area contributed by atoms with Crippen molar-refractivity contribution in [3.8, 4) is 0 Å². The average molecular weight is 237 g/mol. The maximum absolute atomic E-state index is 12.9. The molecule has 1 nitrogen and oxygen atoms in total. The van der Waals surface area contributed by atoms with E-state index in [1.807, 2.05) is 0 Å². The van der Waals surface area contributed by atoms with Crippen molar-refractivity contribution >= 4 is 15.9 Å². The number of aliphatic hydroxyl groups excluding tert-OH is 1. The Balaban J connectivity index is 3.12. The van der Waals surface area contributed by atoms with Crippen LogP contribution in [0.5, 0.6) is 0 Å². The Morgan fingerprint density at radius 3 is 2.25 bits per heavy atom. The van der Waals surface area contributed by atoms with Gasteiger partial charge in [0.15, 0.2) is 0 Å². The smallest absolute Gasteiger partial charge is 0.130 e. The highest BCUT2D eigenvalue weighted by atomic mass is 79.9. The third kappa shape index (κ3) is 1.81. The quantitative estimate of drug-likeness (QED) is 0.783. The summed E-state index contributed by atoms with van der Waals surface area (Å²) in [6.07, 6.45) is 0. The Hall–Kier alpha value is -0.480. The molecular formula is C8H7BrF2O. The van der Waals surface area contributed by atoms with Crippen molar-refractivity contribution in [2.75, 3.05) is 6.61 Å².